The van der Waals surface area contributed by atoms with Crippen LogP contribution in [0.1, 0.15) is 23.7 Å². The molecule has 1 fully saturated rings. The van der Waals surface area contributed by atoms with Crippen LogP contribution in [0.2, 0.25) is 0 Å². The summed E-state index contributed by atoms with van der Waals surface area (Å²) in [5, 5.41) is 11.5. The maximum absolute atomic E-state index is 14.2. The third-order valence-electron chi connectivity index (χ3n) is 3.92. The number of hydrogen-bond donors (Lipinski definition) is 2. The molecule has 1 heterocycles. The van der Waals surface area contributed by atoms with Crippen LogP contribution < -0.4 is 5.32 Å². The number of hydrogen-bond acceptors (Lipinski definition) is 4. The minimum absolute atomic E-state index is 0.0342. The topological polar surface area (TPSA) is 95.9 Å². The number of rotatable bonds is 3. The number of halogens is 1. The van der Waals surface area contributed by atoms with Crippen LogP contribution >= 0.6 is 0 Å². The van der Waals surface area contributed by atoms with Crippen molar-refractivity contribution in [2.45, 2.75) is 13.3 Å². The van der Waals surface area contributed by atoms with E-state index in [2.05, 4.69) is 10.1 Å². The summed E-state index contributed by atoms with van der Waals surface area (Å²) in [7, 11) is 1.13. The molecule has 0 aliphatic carbocycles. The number of esters is 1. The molecule has 23 heavy (non-hydrogen) atoms. The predicted molar refractivity (Wildman–Crippen MR) is 78.7 cm³/mol. The largest absolute Gasteiger partial charge is 0.481 e. The number of carboxylic acids is 1. The van der Waals surface area contributed by atoms with E-state index in [0.717, 1.165) is 7.11 Å². The predicted octanol–water partition coefficient (Wildman–Crippen LogP) is 1.94. The summed E-state index contributed by atoms with van der Waals surface area (Å²) in [4.78, 5) is 36.1. The van der Waals surface area contributed by atoms with Crippen LogP contribution in [0, 0.1) is 11.2 Å². The highest BCUT2D eigenvalue weighted by molar-refractivity contribution is 5.94. The lowest BCUT2D eigenvalue weighted by Gasteiger charge is -2.20. The Morgan fingerprint density at radius 1 is 1.39 bits per heavy atom. The maximum atomic E-state index is 14.2. The van der Waals surface area contributed by atoms with Gasteiger partial charge in [0.2, 0.25) is 0 Å². The van der Waals surface area contributed by atoms with E-state index in [1.165, 1.54) is 23.1 Å². The van der Waals surface area contributed by atoms with Crippen LogP contribution in [0.3, 0.4) is 0 Å². The monoisotopic (exact) mass is 324 g/mol. The molecule has 1 saturated heterocycles. The van der Waals surface area contributed by atoms with E-state index in [-0.39, 0.29) is 24.3 Å². The number of nitrogens with one attached hydrogen (secondary N) is 1. The van der Waals surface area contributed by atoms with Crippen LogP contribution in [0.25, 0.3) is 0 Å². The molecule has 0 spiro atoms. The molecular weight excluding hydrogens is 307 g/mol. The lowest BCUT2D eigenvalue weighted by atomic mass is 9.90. The van der Waals surface area contributed by atoms with Crippen molar-refractivity contribution in [2.75, 3.05) is 25.5 Å². The first-order valence-electron chi connectivity index (χ1n) is 6.94. The summed E-state index contributed by atoms with van der Waals surface area (Å²) in [5.74, 6) is -2.72. The summed E-state index contributed by atoms with van der Waals surface area (Å²) in [6.45, 7) is 1.85. The van der Waals surface area contributed by atoms with Crippen molar-refractivity contribution in [1.82, 2.24) is 4.90 Å². The molecule has 2 N–H and O–H groups in total. The van der Waals surface area contributed by atoms with Gasteiger partial charge in [-0.25, -0.2) is 14.0 Å². The number of benzene rings is 1. The molecule has 1 atom stereocenters. The number of urea groups is 1. The van der Waals surface area contributed by atoms with Gasteiger partial charge in [0.05, 0.1) is 23.8 Å². The fourth-order valence-electron chi connectivity index (χ4n) is 2.40. The highest BCUT2D eigenvalue weighted by atomic mass is 19.1. The minimum Gasteiger partial charge on any atom is -0.481 e. The van der Waals surface area contributed by atoms with Crippen LogP contribution in [0.4, 0.5) is 14.9 Å². The highest BCUT2D eigenvalue weighted by Gasteiger charge is 2.42. The zero-order valence-electron chi connectivity index (χ0n) is 12.8. The number of carboxylic acid groups (broad SMARTS) is 1. The van der Waals surface area contributed by atoms with Crippen molar-refractivity contribution >= 4 is 23.7 Å². The van der Waals surface area contributed by atoms with Crippen molar-refractivity contribution in [1.29, 1.82) is 0 Å². The Balaban J connectivity index is 2.13. The molecule has 2 rings (SSSR count). The Hall–Kier alpha value is -2.64. The molecule has 2 amide bonds. The number of methoxy groups -OCH3 is 1. The van der Waals surface area contributed by atoms with Crippen molar-refractivity contribution in [3.63, 3.8) is 0 Å². The van der Waals surface area contributed by atoms with Gasteiger partial charge in [-0.05, 0) is 25.5 Å². The van der Waals surface area contributed by atoms with Gasteiger partial charge in [0.25, 0.3) is 0 Å². The Kier molecular flexibility index (Phi) is 4.53. The maximum Gasteiger partial charge on any atom is 0.340 e. The summed E-state index contributed by atoms with van der Waals surface area (Å²) in [6.07, 6.45) is 0.320. The van der Waals surface area contributed by atoms with Gasteiger partial charge in [-0.15, -0.1) is 0 Å². The molecule has 8 heteroatoms. The van der Waals surface area contributed by atoms with E-state index in [1.807, 2.05) is 0 Å². The lowest BCUT2D eigenvalue weighted by Crippen LogP contribution is -2.37. The SMILES string of the molecule is COC(=O)c1cccc(NC(=O)N2CCC(C)(C(=O)O)C2)c1F. The number of likely N-dealkylation sites (tertiary alicyclic amines) is 1. The van der Waals surface area contributed by atoms with E-state index in [4.69, 9.17) is 5.11 Å². The number of amides is 2. The van der Waals surface area contributed by atoms with Crippen LogP contribution in [-0.2, 0) is 9.53 Å². The van der Waals surface area contributed by atoms with Gasteiger partial charge in [0.15, 0.2) is 5.82 Å². The van der Waals surface area contributed by atoms with Crippen LogP contribution in [0.5, 0.6) is 0 Å². The summed E-state index contributed by atoms with van der Waals surface area (Å²) >= 11 is 0. The van der Waals surface area contributed by atoms with Crippen molar-refractivity contribution in [2.24, 2.45) is 5.41 Å². The molecule has 124 valence electrons. The molecule has 1 aromatic rings. The fraction of sp³-hybridized carbons (Fsp3) is 0.400. The summed E-state index contributed by atoms with van der Waals surface area (Å²) < 4.78 is 18.7. The number of nitrogens with zero attached hydrogens (tertiary/aromatic N) is 1. The zero-order chi connectivity index (χ0) is 17.2. The average Bonchev–Trinajstić information content (AvgIpc) is 2.92. The van der Waals surface area contributed by atoms with Gasteiger partial charge in [0.1, 0.15) is 0 Å². The smallest absolute Gasteiger partial charge is 0.340 e. The van der Waals surface area contributed by atoms with Gasteiger partial charge in [-0.1, -0.05) is 6.07 Å². The first kappa shape index (κ1) is 16.7. The zero-order valence-corrected chi connectivity index (χ0v) is 12.8. The second-order valence-corrected chi connectivity index (χ2v) is 5.63. The normalized spacial score (nSPS) is 20.2. The molecule has 1 aromatic carbocycles. The van der Waals surface area contributed by atoms with Gasteiger partial charge in [-0.3, -0.25) is 4.79 Å². The number of aliphatic carboxylic acids is 1. The molecular formula is C15H17FN2O5. The molecule has 1 aliphatic heterocycles. The fourth-order valence-corrected chi connectivity index (χ4v) is 2.40. The number of carbonyl (C=O) groups is 3. The number of carbonyl (C=O) groups excluding carboxylic acids is 2. The van der Waals surface area contributed by atoms with Gasteiger partial charge < -0.3 is 20.1 Å². The molecule has 0 radical (unpaired) electrons. The van der Waals surface area contributed by atoms with Crippen LogP contribution in [-0.4, -0.2) is 48.2 Å². The van der Waals surface area contributed by atoms with Gasteiger partial charge in [-0.2, -0.15) is 0 Å². The van der Waals surface area contributed by atoms with E-state index < -0.39 is 29.2 Å². The van der Waals surface area contributed by atoms with E-state index in [1.54, 1.807) is 6.92 Å². The number of ether oxygens (including phenoxy) is 1. The minimum atomic E-state index is -1.01. The second-order valence-electron chi connectivity index (χ2n) is 5.63. The first-order valence-corrected chi connectivity index (χ1v) is 6.94. The van der Waals surface area contributed by atoms with Crippen molar-refractivity contribution < 1.29 is 28.6 Å². The standard InChI is InChI=1S/C15H17FN2O5/c1-15(13(20)21)6-7-18(8-15)14(22)17-10-5-3-4-9(11(10)16)12(19)23-2/h3-5H,6-8H2,1-2H3,(H,17,22)(H,20,21). The molecule has 1 aliphatic rings. The third-order valence-corrected chi connectivity index (χ3v) is 3.92. The Bertz CT molecular complexity index is 663. The summed E-state index contributed by atoms with van der Waals surface area (Å²) in [6, 6.07) is 3.35. The molecule has 0 aromatic heterocycles. The molecule has 0 saturated carbocycles. The van der Waals surface area contributed by atoms with Crippen LogP contribution in [0.15, 0.2) is 18.2 Å². The van der Waals surface area contributed by atoms with E-state index in [0.29, 0.717) is 6.42 Å². The summed E-state index contributed by atoms with van der Waals surface area (Å²) in [5.41, 5.74) is -1.46. The average molecular weight is 324 g/mol. The molecule has 1 unspecified atom stereocenters. The Labute approximate surface area is 132 Å². The van der Waals surface area contributed by atoms with Crippen molar-refractivity contribution in [3.8, 4) is 0 Å². The Morgan fingerprint density at radius 3 is 2.65 bits per heavy atom. The Morgan fingerprint density at radius 2 is 2.09 bits per heavy atom. The molecule has 0 bridgehead atoms. The van der Waals surface area contributed by atoms with Crippen molar-refractivity contribution in [3.05, 3.63) is 29.6 Å². The van der Waals surface area contributed by atoms with Gasteiger partial charge >= 0.3 is 18.0 Å². The number of anilines is 1. The second kappa shape index (κ2) is 6.23. The van der Waals surface area contributed by atoms with Gasteiger partial charge in [0, 0.05) is 13.1 Å². The van der Waals surface area contributed by atoms with E-state index in [9.17, 15) is 18.8 Å². The quantitative estimate of drug-likeness (QED) is 0.828. The van der Waals surface area contributed by atoms with E-state index >= 15 is 0 Å². The first-order chi connectivity index (χ1) is 10.8. The molecule has 7 nitrogen and oxygen atoms in total. The highest BCUT2D eigenvalue weighted by Crippen LogP contribution is 2.30. The third kappa shape index (κ3) is 3.25. The lowest BCUT2D eigenvalue weighted by molar-refractivity contribution is -0.146.